The number of pyridine rings is 1. The van der Waals surface area contributed by atoms with E-state index in [4.69, 9.17) is 0 Å². The van der Waals surface area contributed by atoms with Crippen LogP contribution in [0.1, 0.15) is 16.7 Å². The molecule has 0 spiro atoms. The Morgan fingerprint density at radius 2 is 1.59 bits per heavy atom. The summed E-state index contributed by atoms with van der Waals surface area (Å²) in [4.78, 5) is 4.58. The summed E-state index contributed by atoms with van der Waals surface area (Å²) in [6.45, 7) is 1.90. The van der Waals surface area contributed by atoms with Crippen LogP contribution in [0.25, 0.3) is 22.2 Å². The smallest absolute Gasteiger partial charge is 0.248 e. The second-order valence-electron chi connectivity index (χ2n) is 6.73. The molecule has 3 nitrogen and oxygen atoms in total. The van der Waals surface area contributed by atoms with E-state index in [1.165, 1.54) is 18.4 Å². The minimum absolute atomic E-state index is 0.0369. The van der Waals surface area contributed by atoms with E-state index in [9.17, 15) is 21.6 Å². The van der Waals surface area contributed by atoms with E-state index < -0.39 is 22.4 Å². The fourth-order valence-corrected chi connectivity index (χ4v) is 3.79. The van der Waals surface area contributed by atoms with Gasteiger partial charge < -0.3 is 0 Å². The topological polar surface area (TPSA) is 47.0 Å². The van der Waals surface area contributed by atoms with Gasteiger partial charge in [-0.05, 0) is 41.8 Å². The van der Waals surface area contributed by atoms with Gasteiger partial charge in [0.25, 0.3) is 0 Å². The highest BCUT2D eigenvalue weighted by molar-refractivity contribution is 7.89. The normalized spacial score (nSPS) is 12.5. The largest absolute Gasteiger partial charge is 0.393 e. The Bertz CT molecular complexity index is 1090. The van der Waals surface area contributed by atoms with Crippen LogP contribution in [0.2, 0.25) is 0 Å². The van der Waals surface area contributed by atoms with Crippen LogP contribution in [0.4, 0.5) is 13.2 Å². The Kier molecular flexibility index (Phi) is 4.99. The van der Waals surface area contributed by atoms with Gasteiger partial charge in [0.2, 0.25) is 0 Å². The molecule has 0 aliphatic rings. The molecule has 0 atom stereocenters. The quantitative estimate of drug-likeness (QED) is 0.636. The second-order valence-corrected chi connectivity index (χ2v) is 8.88. The van der Waals surface area contributed by atoms with E-state index in [2.05, 4.69) is 4.98 Å². The molecule has 0 aliphatic carbocycles. The fraction of sp³-hybridized carbons (Fsp3) is 0.250. The third-order valence-electron chi connectivity index (χ3n) is 4.16. The maximum absolute atomic E-state index is 12.5. The molecule has 0 amide bonds. The van der Waals surface area contributed by atoms with Gasteiger partial charge in [0.05, 0.1) is 23.4 Å². The lowest BCUT2D eigenvalue weighted by molar-refractivity contribution is -0.127. The zero-order valence-corrected chi connectivity index (χ0v) is 15.7. The van der Waals surface area contributed by atoms with Crippen LogP contribution in [-0.2, 0) is 22.0 Å². The molecule has 3 rings (SSSR count). The number of sulfone groups is 1. The van der Waals surface area contributed by atoms with Gasteiger partial charge in [-0.2, -0.15) is 13.2 Å². The lowest BCUT2D eigenvalue weighted by Gasteiger charge is -2.10. The third-order valence-corrected chi connectivity index (χ3v) is 5.02. The van der Waals surface area contributed by atoms with Gasteiger partial charge in [-0.3, -0.25) is 0 Å². The number of aryl methyl sites for hydroxylation is 1. The molecule has 0 fully saturated rings. The number of halogens is 3. The van der Waals surface area contributed by atoms with Crippen molar-refractivity contribution in [1.29, 1.82) is 0 Å². The molecule has 2 aromatic carbocycles. The van der Waals surface area contributed by atoms with Crippen LogP contribution in [0.5, 0.6) is 0 Å². The van der Waals surface area contributed by atoms with E-state index in [1.54, 1.807) is 24.3 Å². The zero-order chi connectivity index (χ0) is 19.8. The van der Waals surface area contributed by atoms with Gasteiger partial charge in [0.15, 0.2) is 9.84 Å². The predicted molar refractivity (Wildman–Crippen MR) is 100 cm³/mol. The summed E-state index contributed by atoms with van der Waals surface area (Å²) in [5, 5.41) is 0.855. The minimum Gasteiger partial charge on any atom is -0.248 e. The number of rotatable bonds is 4. The lowest BCUT2D eigenvalue weighted by atomic mass is 10.0. The highest BCUT2D eigenvalue weighted by atomic mass is 32.2. The molecular formula is C20H18F3NO2S. The lowest BCUT2D eigenvalue weighted by Crippen LogP contribution is -2.11. The number of hydrogen-bond donors (Lipinski definition) is 0. The molecule has 0 unspecified atom stereocenters. The predicted octanol–water partition coefficient (Wildman–Crippen LogP) is 4.86. The SMILES string of the molecule is Cc1cc(-c2ccc(CC(F)(F)F)cc2)nc2ccc(CS(C)(=O)=O)cc12. The van der Waals surface area contributed by atoms with Crippen molar-refractivity contribution in [2.45, 2.75) is 25.3 Å². The summed E-state index contributed by atoms with van der Waals surface area (Å²) in [6, 6.07) is 13.3. The molecule has 142 valence electrons. The average Bonchev–Trinajstić information content (AvgIpc) is 2.53. The second kappa shape index (κ2) is 6.96. The minimum atomic E-state index is -4.23. The van der Waals surface area contributed by atoms with Gasteiger partial charge in [-0.15, -0.1) is 0 Å². The maximum atomic E-state index is 12.5. The molecule has 3 aromatic rings. The summed E-state index contributed by atoms with van der Waals surface area (Å²) < 4.78 is 60.4. The zero-order valence-electron chi connectivity index (χ0n) is 14.8. The Balaban J connectivity index is 1.95. The first-order chi connectivity index (χ1) is 12.5. The van der Waals surface area contributed by atoms with Crippen LogP contribution in [-0.4, -0.2) is 25.8 Å². The average molecular weight is 393 g/mol. The van der Waals surface area contributed by atoms with Crippen LogP contribution in [0.3, 0.4) is 0 Å². The highest BCUT2D eigenvalue weighted by Gasteiger charge is 2.27. The van der Waals surface area contributed by atoms with E-state index in [0.717, 1.165) is 16.5 Å². The number of hydrogen-bond acceptors (Lipinski definition) is 3. The summed E-state index contributed by atoms with van der Waals surface area (Å²) in [5.74, 6) is -0.0369. The number of nitrogens with zero attached hydrogens (tertiary/aromatic N) is 1. The van der Waals surface area contributed by atoms with Gasteiger partial charge in [0, 0.05) is 17.2 Å². The van der Waals surface area contributed by atoms with Crippen LogP contribution in [0, 0.1) is 6.92 Å². The highest BCUT2D eigenvalue weighted by Crippen LogP contribution is 2.27. The Morgan fingerprint density at radius 3 is 2.19 bits per heavy atom. The first-order valence-corrected chi connectivity index (χ1v) is 10.3. The Hall–Kier alpha value is -2.41. The van der Waals surface area contributed by atoms with Gasteiger partial charge in [0.1, 0.15) is 0 Å². The van der Waals surface area contributed by atoms with E-state index in [-0.39, 0.29) is 11.3 Å². The van der Waals surface area contributed by atoms with Crippen molar-refractivity contribution in [2.75, 3.05) is 6.26 Å². The number of aromatic nitrogens is 1. The van der Waals surface area contributed by atoms with Crippen molar-refractivity contribution in [1.82, 2.24) is 4.98 Å². The molecule has 7 heteroatoms. The van der Waals surface area contributed by atoms with E-state index in [1.807, 2.05) is 19.1 Å². The summed E-state index contributed by atoms with van der Waals surface area (Å²) in [7, 11) is -3.13. The summed E-state index contributed by atoms with van der Waals surface area (Å²) in [5.41, 5.74) is 3.92. The molecule has 0 saturated heterocycles. The van der Waals surface area contributed by atoms with Gasteiger partial charge in [-0.1, -0.05) is 30.3 Å². The first-order valence-electron chi connectivity index (χ1n) is 8.24. The van der Waals surface area contributed by atoms with E-state index >= 15 is 0 Å². The Morgan fingerprint density at radius 1 is 0.963 bits per heavy atom. The standard InChI is InChI=1S/C20H18F3NO2S/c1-13-9-19(16-6-3-14(4-7-16)11-20(21,22)23)24-18-8-5-15(10-17(13)18)12-27(2,25)26/h3-10H,11-12H2,1-2H3. The number of benzene rings is 2. The number of fused-ring (bicyclic) bond motifs is 1. The molecule has 27 heavy (non-hydrogen) atoms. The maximum Gasteiger partial charge on any atom is 0.393 e. The molecule has 0 aliphatic heterocycles. The summed E-state index contributed by atoms with van der Waals surface area (Å²) >= 11 is 0. The molecule has 1 aromatic heterocycles. The molecule has 0 radical (unpaired) electrons. The van der Waals surface area contributed by atoms with Crippen molar-refractivity contribution < 1.29 is 21.6 Å². The van der Waals surface area contributed by atoms with Crippen LogP contribution < -0.4 is 0 Å². The fourth-order valence-electron chi connectivity index (χ4n) is 3.01. The number of alkyl halides is 3. The van der Waals surface area contributed by atoms with Crippen LogP contribution in [0.15, 0.2) is 48.5 Å². The monoisotopic (exact) mass is 393 g/mol. The molecule has 0 N–H and O–H groups in total. The van der Waals surface area contributed by atoms with E-state index in [0.29, 0.717) is 16.8 Å². The van der Waals surface area contributed by atoms with Crippen LogP contribution >= 0.6 is 0 Å². The van der Waals surface area contributed by atoms with Gasteiger partial charge >= 0.3 is 6.18 Å². The Labute approximate surface area is 155 Å². The van der Waals surface area contributed by atoms with Crippen molar-refractivity contribution in [3.63, 3.8) is 0 Å². The van der Waals surface area contributed by atoms with Crippen molar-refractivity contribution >= 4 is 20.7 Å². The van der Waals surface area contributed by atoms with Crippen molar-refractivity contribution in [3.05, 3.63) is 65.2 Å². The molecule has 1 heterocycles. The molecular weight excluding hydrogens is 375 g/mol. The van der Waals surface area contributed by atoms with Crippen molar-refractivity contribution in [2.24, 2.45) is 0 Å². The molecule has 0 saturated carbocycles. The van der Waals surface area contributed by atoms with Crippen molar-refractivity contribution in [3.8, 4) is 11.3 Å². The van der Waals surface area contributed by atoms with Gasteiger partial charge in [-0.25, -0.2) is 13.4 Å². The first kappa shape index (κ1) is 19.4. The molecule has 0 bridgehead atoms. The summed E-state index contributed by atoms with van der Waals surface area (Å²) in [6.07, 6.45) is -4.00. The third kappa shape index (κ3) is 5.07.